The number of phenolic OH excluding ortho intramolecular Hbond substituents is 1. The summed E-state index contributed by atoms with van der Waals surface area (Å²) < 4.78 is 51.3. The summed E-state index contributed by atoms with van der Waals surface area (Å²) in [5.41, 5.74) is -0.929. The second kappa shape index (κ2) is 10.9. The minimum Gasteiger partial charge on any atom is -0.507 e. The molecule has 2 saturated heterocycles. The zero-order chi connectivity index (χ0) is 34.5. The number of nitrogens with zero attached hydrogens (tertiary/aromatic N) is 4. The first-order valence-electron chi connectivity index (χ1n) is 14.1. The lowest BCUT2D eigenvalue weighted by atomic mass is 9.56. The molecule has 4 aliphatic rings. The minimum atomic E-state index is -4.83. The Morgan fingerprint density at radius 3 is 2.34 bits per heavy atom. The Morgan fingerprint density at radius 1 is 1.04 bits per heavy atom. The number of fused-ring (bicyclic) bond motifs is 4. The van der Waals surface area contributed by atoms with Gasteiger partial charge in [0.2, 0.25) is 0 Å². The number of hydrazine groups is 1. The monoisotopic (exact) mass is 716 g/mol. The fraction of sp³-hybridized carbons (Fsp3) is 0.433. The summed E-state index contributed by atoms with van der Waals surface area (Å²) in [5, 5.41) is 12.6. The van der Waals surface area contributed by atoms with Crippen molar-refractivity contribution in [2.75, 3.05) is 33.3 Å². The van der Waals surface area contributed by atoms with Gasteiger partial charge in [0.05, 0.1) is 31.1 Å². The van der Waals surface area contributed by atoms with Gasteiger partial charge >= 0.3 is 6.18 Å². The number of aromatic hydroxyl groups is 1. The number of imide groups is 2. The van der Waals surface area contributed by atoms with Crippen LogP contribution in [0.1, 0.15) is 30.0 Å². The number of carbonyl (C=O) groups is 4. The molecule has 47 heavy (non-hydrogen) atoms. The quantitative estimate of drug-likeness (QED) is 0.270. The maximum atomic E-state index is 14.2. The van der Waals surface area contributed by atoms with Gasteiger partial charge in [0.1, 0.15) is 22.9 Å². The van der Waals surface area contributed by atoms with Crippen LogP contribution in [0.25, 0.3) is 0 Å². The molecule has 2 aliphatic heterocycles. The summed E-state index contributed by atoms with van der Waals surface area (Å²) in [7, 11) is 5.07. The number of halogens is 6. The summed E-state index contributed by atoms with van der Waals surface area (Å²) in [5.74, 6) is -8.42. The minimum absolute atomic E-state index is 0.00451. The van der Waals surface area contributed by atoms with Gasteiger partial charge in [-0.25, -0.2) is 4.98 Å². The molecule has 1 aromatic heterocycles. The Kier molecular flexibility index (Phi) is 7.68. The number of rotatable bonds is 5. The number of carbonyl (C=O) groups excluding carboxylic acids is 4. The van der Waals surface area contributed by atoms with Gasteiger partial charge in [-0.05, 0) is 30.9 Å². The molecule has 1 saturated carbocycles. The van der Waals surface area contributed by atoms with Crippen LogP contribution in [0.2, 0.25) is 5.02 Å². The number of hydrogen-bond donors (Lipinski definition) is 1. The third-order valence-corrected chi connectivity index (χ3v) is 11.3. The molecule has 250 valence electrons. The average Bonchev–Trinajstić information content (AvgIpc) is 3.35. The fourth-order valence-electron chi connectivity index (χ4n) is 7.42. The standard InChI is InChI=1S/C30H26Cl3F3N4O7/c1-38-26(44)28(32)11-15-13(22(29(28,33)27(38)45)21-17(41)9-12(46-3)10-18(21)47-4)5-6-14-20(15)25(43)40(24(14)42)39(2)23-16(31)7-8-19(37-23)30(34,35)36/h5,7-10,14-15,20,22,41H,6,11H2,1-4H3/t14-,15+,20-,22+,28+,29-/m0/s1. The molecule has 0 bridgehead atoms. The van der Waals surface area contributed by atoms with Crippen LogP contribution in [0, 0.1) is 17.8 Å². The smallest absolute Gasteiger partial charge is 0.433 e. The van der Waals surface area contributed by atoms with Crippen LogP contribution < -0.4 is 14.5 Å². The van der Waals surface area contributed by atoms with E-state index in [-0.39, 0.29) is 34.9 Å². The summed E-state index contributed by atoms with van der Waals surface area (Å²) in [4.78, 5) is 55.6. The number of methoxy groups -OCH3 is 2. The molecule has 17 heteroatoms. The van der Waals surface area contributed by atoms with Crippen LogP contribution in [0.4, 0.5) is 19.0 Å². The topological polar surface area (TPSA) is 130 Å². The second-order valence-corrected chi connectivity index (χ2v) is 13.4. The van der Waals surface area contributed by atoms with E-state index < -0.39 is 80.5 Å². The average molecular weight is 718 g/mol. The lowest BCUT2D eigenvalue weighted by Gasteiger charge is -2.51. The number of amides is 4. The van der Waals surface area contributed by atoms with Gasteiger partial charge in [-0.1, -0.05) is 23.3 Å². The number of anilines is 1. The van der Waals surface area contributed by atoms with Crippen molar-refractivity contribution in [2.45, 2.75) is 34.7 Å². The van der Waals surface area contributed by atoms with E-state index in [1.165, 1.54) is 40.4 Å². The van der Waals surface area contributed by atoms with Crippen molar-refractivity contribution < 1.29 is 46.9 Å². The maximum absolute atomic E-state index is 14.2. The molecule has 0 spiro atoms. The molecule has 1 aromatic carbocycles. The molecule has 6 rings (SSSR count). The number of ether oxygens (including phenoxy) is 2. The molecule has 0 radical (unpaired) electrons. The first kappa shape index (κ1) is 33.2. The predicted octanol–water partition coefficient (Wildman–Crippen LogP) is 4.52. The number of hydrogen-bond acceptors (Lipinski definition) is 9. The van der Waals surface area contributed by atoms with Gasteiger partial charge in [0.15, 0.2) is 15.6 Å². The second-order valence-electron chi connectivity index (χ2n) is 11.8. The van der Waals surface area contributed by atoms with E-state index >= 15 is 0 Å². The molecule has 2 aromatic rings. The molecule has 6 atom stereocenters. The predicted molar refractivity (Wildman–Crippen MR) is 161 cm³/mol. The van der Waals surface area contributed by atoms with Gasteiger partial charge in [0, 0.05) is 37.7 Å². The highest BCUT2D eigenvalue weighted by Gasteiger charge is 2.76. The maximum Gasteiger partial charge on any atom is 0.433 e. The highest BCUT2D eigenvalue weighted by molar-refractivity contribution is 6.53. The van der Waals surface area contributed by atoms with E-state index in [0.29, 0.717) is 16.6 Å². The number of likely N-dealkylation sites (tertiary alicyclic amines) is 1. The fourth-order valence-corrected chi connectivity index (χ4v) is 8.65. The van der Waals surface area contributed by atoms with Crippen molar-refractivity contribution in [3.8, 4) is 17.2 Å². The van der Waals surface area contributed by atoms with Crippen LogP contribution in [0.3, 0.4) is 0 Å². The van der Waals surface area contributed by atoms with E-state index in [0.717, 1.165) is 16.0 Å². The van der Waals surface area contributed by atoms with Gasteiger partial charge in [-0.3, -0.25) is 29.1 Å². The van der Waals surface area contributed by atoms with Crippen LogP contribution in [0.5, 0.6) is 17.2 Å². The molecule has 1 N–H and O–H groups in total. The molecule has 3 fully saturated rings. The molecule has 3 heterocycles. The number of aromatic nitrogens is 1. The summed E-state index contributed by atoms with van der Waals surface area (Å²) in [6, 6.07) is 4.34. The number of alkyl halides is 5. The number of pyridine rings is 1. The third-order valence-electron chi connectivity index (χ3n) is 9.55. The van der Waals surface area contributed by atoms with Crippen LogP contribution in [0.15, 0.2) is 35.9 Å². The molecular formula is C30H26Cl3F3N4O7. The van der Waals surface area contributed by atoms with E-state index in [1.54, 1.807) is 6.08 Å². The Balaban J connectivity index is 1.50. The Hall–Kier alpha value is -3.75. The van der Waals surface area contributed by atoms with Crippen molar-refractivity contribution in [1.29, 1.82) is 0 Å². The van der Waals surface area contributed by atoms with Gasteiger partial charge in [0.25, 0.3) is 23.6 Å². The van der Waals surface area contributed by atoms with Crippen molar-refractivity contribution in [3.63, 3.8) is 0 Å². The first-order chi connectivity index (χ1) is 21.9. The van der Waals surface area contributed by atoms with E-state index in [1.807, 2.05) is 0 Å². The number of phenols is 1. The summed E-state index contributed by atoms with van der Waals surface area (Å²) in [6.45, 7) is 0. The largest absolute Gasteiger partial charge is 0.507 e. The molecule has 0 unspecified atom stereocenters. The normalized spacial score (nSPS) is 30.2. The highest BCUT2D eigenvalue weighted by Crippen LogP contribution is 2.67. The van der Waals surface area contributed by atoms with Gasteiger partial charge in [-0.2, -0.15) is 18.2 Å². The zero-order valence-corrected chi connectivity index (χ0v) is 27.3. The lowest BCUT2D eigenvalue weighted by Crippen LogP contribution is -2.60. The van der Waals surface area contributed by atoms with Gasteiger partial charge < -0.3 is 14.6 Å². The molecular weight excluding hydrogens is 692 g/mol. The van der Waals surface area contributed by atoms with Crippen molar-refractivity contribution in [3.05, 3.63) is 52.2 Å². The Morgan fingerprint density at radius 2 is 1.72 bits per heavy atom. The highest BCUT2D eigenvalue weighted by atomic mass is 35.5. The molecule has 4 amide bonds. The van der Waals surface area contributed by atoms with E-state index in [9.17, 15) is 37.5 Å². The molecule has 11 nitrogen and oxygen atoms in total. The van der Waals surface area contributed by atoms with Crippen molar-refractivity contribution in [2.24, 2.45) is 17.8 Å². The number of benzene rings is 1. The Labute approximate surface area is 280 Å². The van der Waals surface area contributed by atoms with Crippen LogP contribution in [-0.4, -0.2) is 81.7 Å². The first-order valence-corrected chi connectivity index (χ1v) is 15.3. The van der Waals surface area contributed by atoms with Crippen molar-refractivity contribution in [1.82, 2.24) is 14.9 Å². The summed E-state index contributed by atoms with van der Waals surface area (Å²) in [6.07, 6.45) is -3.61. The van der Waals surface area contributed by atoms with Crippen LogP contribution in [-0.2, 0) is 25.4 Å². The number of allylic oxidation sites excluding steroid dienone is 2. The SMILES string of the molecule is COc1cc(O)c([C@H]2C3=CC[C@@H]4C(=O)N(N(C)c5nc(C(F)(F)F)ccc5Cl)C(=O)[C@@H]4[C@@H]3C[C@@]3(Cl)C(=O)N(C)C(=O)[C@@]23Cl)c(OC)c1. The lowest BCUT2D eigenvalue weighted by molar-refractivity contribution is -0.141. The molecule has 2 aliphatic carbocycles. The Bertz CT molecular complexity index is 1790. The van der Waals surface area contributed by atoms with Crippen LogP contribution >= 0.6 is 34.8 Å². The van der Waals surface area contributed by atoms with Gasteiger partial charge in [-0.15, -0.1) is 23.2 Å². The van der Waals surface area contributed by atoms with E-state index in [2.05, 4.69) is 4.98 Å². The van der Waals surface area contributed by atoms with Crippen molar-refractivity contribution >= 4 is 64.2 Å². The van der Waals surface area contributed by atoms with E-state index in [4.69, 9.17) is 44.3 Å². The zero-order valence-electron chi connectivity index (χ0n) is 25.1. The third kappa shape index (κ3) is 4.43. The summed E-state index contributed by atoms with van der Waals surface area (Å²) >= 11 is 20.5.